The number of anilines is 1. The molecule has 21 heavy (non-hydrogen) atoms. The molecule has 0 aliphatic rings. The van der Waals surface area contributed by atoms with Crippen molar-refractivity contribution in [2.75, 3.05) is 5.32 Å². The van der Waals surface area contributed by atoms with Crippen LogP contribution in [-0.2, 0) is 0 Å². The van der Waals surface area contributed by atoms with Gasteiger partial charge in [-0.2, -0.15) is 14.6 Å². The average molecular weight is 305 g/mol. The van der Waals surface area contributed by atoms with E-state index in [2.05, 4.69) is 15.4 Å². The Hall–Kier alpha value is -2.34. The molecule has 0 fully saturated rings. The predicted molar refractivity (Wildman–Crippen MR) is 78.7 cm³/mol. The number of hydrogen-bond donors (Lipinski definition) is 1. The highest BCUT2D eigenvalue weighted by Crippen LogP contribution is 2.24. The van der Waals surface area contributed by atoms with Crippen LogP contribution in [0.1, 0.15) is 36.0 Å². The molecule has 2 heterocycles. The highest BCUT2D eigenvalue weighted by Gasteiger charge is 2.24. The summed E-state index contributed by atoms with van der Waals surface area (Å²) in [4.78, 5) is 16.4. The van der Waals surface area contributed by atoms with Gasteiger partial charge in [0, 0.05) is 10.7 Å². The lowest BCUT2D eigenvalue weighted by Gasteiger charge is -2.06. The van der Waals surface area contributed by atoms with E-state index in [1.807, 2.05) is 13.8 Å². The van der Waals surface area contributed by atoms with Gasteiger partial charge in [-0.1, -0.05) is 25.4 Å². The number of carbonyl (C=O) groups excluding carboxylic acids is 1. The maximum Gasteiger partial charge on any atom is 0.325 e. The SMILES string of the molecule is CC(C)c1c(C(=O)Nc2ccc(Cl)cc2)oc2ncnn12. The Morgan fingerprint density at radius 2 is 2.05 bits per heavy atom. The van der Waals surface area contributed by atoms with E-state index < -0.39 is 0 Å². The second-order valence-electron chi connectivity index (χ2n) is 4.89. The van der Waals surface area contributed by atoms with Crippen LogP contribution < -0.4 is 5.32 Å². The first-order valence-corrected chi connectivity index (χ1v) is 6.83. The quantitative estimate of drug-likeness (QED) is 0.805. The second-order valence-corrected chi connectivity index (χ2v) is 5.32. The van der Waals surface area contributed by atoms with Gasteiger partial charge in [-0.25, -0.2) is 0 Å². The summed E-state index contributed by atoms with van der Waals surface area (Å²) in [5, 5.41) is 7.46. The molecule has 0 unspecified atom stereocenters. The van der Waals surface area contributed by atoms with Crippen LogP contribution >= 0.6 is 11.6 Å². The maximum atomic E-state index is 12.4. The Labute approximate surface area is 125 Å². The molecule has 0 saturated carbocycles. The number of amides is 1. The van der Waals surface area contributed by atoms with Gasteiger partial charge < -0.3 is 9.73 Å². The summed E-state index contributed by atoms with van der Waals surface area (Å²) in [7, 11) is 0. The largest absolute Gasteiger partial charge is 0.416 e. The van der Waals surface area contributed by atoms with Gasteiger partial charge in [0.05, 0.1) is 5.69 Å². The molecule has 0 spiro atoms. The Morgan fingerprint density at radius 3 is 2.71 bits per heavy atom. The van der Waals surface area contributed by atoms with Crippen LogP contribution in [0.5, 0.6) is 0 Å². The van der Waals surface area contributed by atoms with Crippen molar-refractivity contribution in [1.29, 1.82) is 0 Å². The number of fused-ring (bicyclic) bond motifs is 1. The lowest BCUT2D eigenvalue weighted by atomic mass is 10.1. The summed E-state index contributed by atoms with van der Waals surface area (Å²) >= 11 is 5.82. The highest BCUT2D eigenvalue weighted by atomic mass is 35.5. The first-order valence-electron chi connectivity index (χ1n) is 6.45. The van der Waals surface area contributed by atoms with Crippen molar-refractivity contribution in [3.8, 4) is 0 Å². The fraction of sp³-hybridized carbons (Fsp3) is 0.214. The van der Waals surface area contributed by atoms with Crippen molar-refractivity contribution in [3.63, 3.8) is 0 Å². The standard InChI is InChI=1S/C14H13ClN4O2/c1-8(2)11-12(21-14-16-7-17-19(11)14)13(20)18-10-5-3-9(15)4-6-10/h3-8H,1-2H3,(H,18,20). The van der Waals surface area contributed by atoms with Crippen LogP contribution in [0.25, 0.3) is 5.84 Å². The number of rotatable bonds is 3. The van der Waals surface area contributed by atoms with Crippen molar-refractivity contribution < 1.29 is 9.21 Å². The third-order valence-electron chi connectivity index (χ3n) is 3.03. The van der Waals surface area contributed by atoms with Crippen molar-refractivity contribution in [2.45, 2.75) is 19.8 Å². The number of oxazole rings is 1. The molecule has 1 N–H and O–H groups in total. The van der Waals surface area contributed by atoms with Crippen LogP contribution in [0.3, 0.4) is 0 Å². The van der Waals surface area contributed by atoms with Crippen LogP contribution in [0.15, 0.2) is 35.0 Å². The maximum absolute atomic E-state index is 12.4. The zero-order valence-electron chi connectivity index (χ0n) is 11.5. The molecule has 0 aliphatic heterocycles. The van der Waals surface area contributed by atoms with Crippen molar-refractivity contribution >= 4 is 29.0 Å². The van der Waals surface area contributed by atoms with Gasteiger partial charge in [0.15, 0.2) is 0 Å². The Balaban J connectivity index is 1.95. The number of nitrogens with one attached hydrogen (secondary N) is 1. The van der Waals surface area contributed by atoms with E-state index in [1.54, 1.807) is 28.8 Å². The molecule has 108 valence electrons. The Bertz CT molecular complexity index is 789. The molecule has 6 nitrogen and oxygen atoms in total. The molecule has 0 atom stereocenters. The smallest absolute Gasteiger partial charge is 0.325 e. The van der Waals surface area contributed by atoms with E-state index in [1.165, 1.54) is 6.33 Å². The molecule has 0 radical (unpaired) electrons. The first kappa shape index (κ1) is 13.6. The fourth-order valence-corrected chi connectivity index (χ4v) is 2.22. The van der Waals surface area contributed by atoms with Crippen molar-refractivity contribution in [2.24, 2.45) is 0 Å². The fourth-order valence-electron chi connectivity index (χ4n) is 2.10. The molecule has 2 aromatic heterocycles. The number of carbonyl (C=O) groups is 1. The van der Waals surface area contributed by atoms with Gasteiger partial charge in [0.25, 0.3) is 5.91 Å². The Kier molecular flexibility index (Phi) is 3.39. The van der Waals surface area contributed by atoms with Crippen LogP contribution in [-0.4, -0.2) is 20.5 Å². The van der Waals surface area contributed by atoms with E-state index in [0.29, 0.717) is 22.2 Å². The summed E-state index contributed by atoms with van der Waals surface area (Å²) in [6.07, 6.45) is 1.39. The summed E-state index contributed by atoms with van der Waals surface area (Å²) < 4.78 is 7.05. The van der Waals surface area contributed by atoms with E-state index in [4.69, 9.17) is 16.0 Å². The minimum atomic E-state index is -0.340. The molecular formula is C14H13ClN4O2. The van der Waals surface area contributed by atoms with Crippen LogP contribution in [0.4, 0.5) is 5.69 Å². The monoisotopic (exact) mass is 304 g/mol. The van der Waals surface area contributed by atoms with E-state index in [0.717, 1.165) is 0 Å². The molecular weight excluding hydrogens is 292 g/mol. The molecule has 1 amide bonds. The molecule has 0 aliphatic carbocycles. The average Bonchev–Trinajstić information content (AvgIpc) is 3.00. The van der Waals surface area contributed by atoms with E-state index in [-0.39, 0.29) is 17.6 Å². The van der Waals surface area contributed by atoms with Gasteiger partial charge >= 0.3 is 5.84 Å². The first-order chi connectivity index (χ1) is 10.1. The second kappa shape index (κ2) is 5.21. The summed E-state index contributed by atoms with van der Waals surface area (Å²) in [5.74, 6) is 0.253. The van der Waals surface area contributed by atoms with Crippen molar-refractivity contribution in [1.82, 2.24) is 14.6 Å². The van der Waals surface area contributed by atoms with Gasteiger partial charge in [-0.05, 0) is 30.2 Å². The minimum absolute atomic E-state index is 0.0684. The summed E-state index contributed by atoms with van der Waals surface area (Å²) in [6, 6.07) is 6.86. The van der Waals surface area contributed by atoms with E-state index >= 15 is 0 Å². The van der Waals surface area contributed by atoms with Gasteiger partial charge in [0.2, 0.25) is 5.76 Å². The van der Waals surface area contributed by atoms with Crippen LogP contribution in [0, 0.1) is 0 Å². The van der Waals surface area contributed by atoms with Gasteiger partial charge in [-0.15, -0.1) is 0 Å². The Morgan fingerprint density at radius 1 is 1.33 bits per heavy atom. The third-order valence-corrected chi connectivity index (χ3v) is 3.28. The molecule has 1 aromatic carbocycles. The number of aromatic nitrogens is 3. The number of nitrogens with zero attached hydrogens (tertiary/aromatic N) is 3. The zero-order chi connectivity index (χ0) is 15.0. The lowest BCUT2D eigenvalue weighted by Crippen LogP contribution is -2.14. The third kappa shape index (κ3) is 2.50. The molecule has 0 saturated heterocycles. The number of benzene rings is 1. The summed E-state index contributed by atoms with van der Waals surface area (Å²) in [6.45, 7) is 3.93. The predicted octanol–water partition coefficient (Wildman–Crippen LogP) is 3.35. The summed E-state index contributed by atoms with van der Waals surface area (Å²) in [5.41, 5.74) is 1.33. The normalized spacial score (nSPS) is 11.2. The molecule has 0 bridgehead atoms. The zero-order valence-corrected chi connectivity index (χ0v) is 12.3. The number of halogens is 1. The number of hydrogen-bond acceptors (Lipinski definition) is 4. The molecule has 7 heteroatoms. The minimum Gasteiger partial charge on any atom is -0.416 e. The van der Waals surface area contributed by atoms with Gasteiger partial charge in [-0.3, -0.25) is 4.79 Å². The molecule has 3 rings (SSSR count). The molecule has 3 aromatic rings. The van der Waals surface area contributed by atoms with Crippen molar-refractivity contribution in [3.05, 3.63) is 47.1 Å². The van der Waals surface area contributed by atoms with Gasteiger partial charge in [0.1, 0.15) is 6.33 Å². The van der Waals surface area contributed by atoms with E-state index in [9.17, 15) is 4.79 Å². The topological polar surface area (TPSA) is 72.4 Å². The van der Waals surface area contributed by atoms with Crippen LogP contribution in [0.2, 0.25) is 5.02 Å². The highest BCUT2D eigenvalue weighted by molar-refractivity contribution is 6.30. The lowest BCUT2D eigenvalue weighted by molar-refractivity contribution is 0.0996.